The Morgan fingerprint density at radius 3 is 2.68 bits per heavy atom. The van der Waals surface area contributed by atoms with Crippen molar-refractivity contribution in [2.45, 2.75) is 6.42 Å². The average Bonchev–Trinajstić information content (AvgIpc) is 2.38. The minimum Gasteiger partial charge on any atom is -0.495 e. The van der Waals surface area contributed by atoms with E-state index < -0.39 is 10.8 Å². The second-order valence-corrected chi connectivity index (χ2v) is 5.89. The van der Waals surface area contributed by atoms with Crippen molar-refractivity contribution in [3.8, 4) is 5.75 Å². The van der Waals surface area contributed by atoms with Crippen LogP contribution in [0.3, 0.4) is 0 Å². The number of hydrogen-bond acceptors (Lipinski definition) is 4. The van der Waals surface area contributed by atoms with Crippen molar-refractivity contribution < 1.29 is 18.5 Å². The monoisotopic (exact) mass is 304 g/mol. The molecule has 0 aliphatic rings. The van der Waals surface area contributed by atoms with E-state index in [-0.39, 0.29) is 11.5 Å². The molecule has 0 saturated heterocycles. The Labute approximate surface area is 120 Å². The Morgan fingerprint density at radius 2 is 2.11 bits per heavy atom. The lowest BCUT2D eigenvalue weighted by atomic mass is 10.1. The van der Waals surface area contributed by atoms with Gasteiger partial charge in [0.1, 0.15) is 5.75 Å². The van der Waals surface area contributed by atoms with Crippen LogP contribution in [0, 0.1) is 0 Å². The van der Waals surface area contributed by atoms with Gasteiger partial charge in [-0.1, -0.05) is 11.6 Å². The molecule has 1 rings (SSSR count). The van der Waals surface area contributed by atoms with Crippen molar-refractivity contribution >= 4 is 28.2 Å². The van der Waals surface area contributed by atoms with Crippen molar-refractivity contribution in [3.05, 3.63) is 28.8 Å². The molecule has 1 aromatic rings. The van der Waals surface area contributed by atoms with E-state index in [0.29, 0.717) is 35.1 Å². The Kier molecular flexibility index (Phi) is 7.05. The molecule has 0 fully saturated rings. The van der Waals surface area contributed by atoms with Gasteiger partial charge in [-0.05, 0) is 24.6 Å². The number of benzene rings is 1. The van der Waals surface area contributed by atoms with E-state index in [1.165, 1.54) is 13.2 Å². The molecule has 0 saturated carbocycles. The number of methoxy groups -OCH3 is 2. The molecule has 0 aliphatic heterocycles. The molecule has 19 heavy (non-hydrogen) atoms. The predicted octanol–water partition coefficient (Wildman–Crippen LogP) is 2.32. The highest BCUT2D eigenvalue weighted by Gasteiger charge is 2.12. The molecule has 0 heterocycles. The fourth-order valence-electron chi connectivity index (χ4n) is 1.51. The van der Waals surface area contributed by atoms with Crippen LogP contribution < -0.4 is 4.74 Å². The molecule has 1 atom stereocenters. The summed E-state index contributed by atoms with van der Waals surface area (Å²) in [6.07, 6.45) is 0.680. The lowest BCUT2D eigenvalue weighted by molar-refractivity contribution is 0.102. The number of ether oxygens (including phenoxy) is 2. The van der Waals surface area contributed by atoms with Gasteiger partial charge in [0, 0.05) is 35.8 Å². The minimum absolute atomic E-state index is 0.00632. The van der Waals surface area contributed by atoms with Crippen molar-refractivity contribution in [1.29, 1.82) is 0 Å². The van der Waals surface area contributed by atoms with Gasteiger partial charge >= 0.3 is 0 Å². The standard InChI is InChI=1S/C13H17ClO4S/c1-17-6-3-7-19(16)9-12(15)10-4-5-13(18-2)11(14)8-10/h4-5,8H,3,6-7,9H2,1-2H3. The number of ketones is 1. The van der Waals surface area contributed by atoms with Gasteiger partial charge in [-0.3, -0.25) is 9.00 Å². The van der Waals surface area contributed by atoms with Crippen LogP contribution >= 0.6 is 11.6 Å². The molecule has 0 aliphatic carbocycles. The summed E-state index contributed by atoms with van der Waals surface area (Å²) < 4.78 is 21.6. The predicted molar refractivity (Wildman–Crippen MR) is 76.7 cm³/mol. The first-order valence-corrected chi connectivity index (χ1v) is 7.65. The summed E-state index contributed by atoms with van der Waals surface area (Å²) >= 11 is 5.94. The van der Waals surface area contributed by atoms with Crippen molar-refractivity contribution in [2.75, 3.05) is 32.3 Å². The van der Waals surface area contributed by atoms with Crippen LogP contribution in [0.15, 0.2) is 18.2 Å². The molecule has 0 N–H and O–H groups in total. The number of carbonyl (C=O) groups excluding carboxylic acids is 1. The summed E-state index contributed by atoms with van der Waals surface area (Å²) in [6, 6.07) is 4.79. The maximum Gasteiger partial charge on any atom is 0.175 e. The first-order valence-electron chi connectivity index (χ1n) is 5.79. The topological polar surface area (TPSA) is 52.6 Å². The first kappa shape index (κ1) is 16.1. The third-order valence-electron chi connectivity index (χ3n) is 2.49. The maximum atomic E-state index is 11.9. The van der Waals surface area contributed by atoms with Crippen LogP contribution in [0.25, 0.3) is 0 Å². The molecular formula is C13H17ClO4S. The summed E-state index contributed by atoms with van der Waals surface area (Å²) in [5.41, 5.74) is 0.450. The number of Topliss-reactive ketones (excluding diaryl/α,β-unsaturated/α-hetero) is 1. The van der Waals surface area contributed by atoms with E-state index in [4.69, 9.17) is 21.1 Å². The van der Waals surface area contributed by atoms with Crippen LogP contribution in [0.1, 0.15) is 16.8 Å². The molecule has 106 valence electrons. The quantitative estimate of drug-likeness (QED) is 0.546. The van der Waals surface area contributed by atoms with Gasteiger partial charge in [0.2, 0.25) is 0 Å². The van der Waals surface area contributed by atoms with E-state index >= 15 is 0 Å². The van der Waals surface area contributed by atoms with Gasteiger partial charge in [-0.25, -0.2) is 0 Å². The highest BCUT2D eigenvalue weighted by atomic mass is 35.5. The SMILES string of the molecule is COCCCS(=O)CC(=O)c1ccc(OC)c(Cl)c1. The smallest absolute Gasteiger partial charge is 0.175 e. The van der Waals surface area contributed by atoms with Gasteiger partial charge in [-0.2, -0.15) is 0 Å². The van der Waals surface area contributed by atoms with Crippen molar-refractivity contribution in [2.24, 2.45) is 0 Å². The molecule has 0 bridgehead atoms. The van der Waals surface area contributed by atoms with E-state index in [0.717, 1.165) is 0 Å². The third-order valence-corrected chi connectivity index (χ3v) is 4.11. The summed E-state index contributed by atoms with van der Waals surface area (Å²) in [5, 5.41) is 0.374. The Bertz CT molecular complexity index is 462. The van der Waals surface area contributed by atoms with E-state index in [1.807, 2.05) is 0 Å². The maximum absolute atomic E-state index is 11.9. The number of rotatable bonds is 8. The lowest BCUT2D eigenvalue weighted by Gasteiger charge is -2.06. The van der Waals surface area contributed by atoms with Crippen molar-refractivity contribution in [3.63, 3.8) is 0 Å². The fraction of sp³-hybridized carbons (Fsp3) is 0.462. The molecule has 0 radical (unpaired) electrons. The highest BCUT2D eigenvalue weighted by molar-refractivity contribution is 7.85. The zero-order valence-electron chi connectivity index (χ0n) is 11.0. The van der Waals surface area contributed by atoms with Crippen LogP contribution in [0.5, 0.6) is 5.75 Å². The normalized spacial score (nSPS) is 12.2. The van der Waals surface area contributed by atoms with Crippen LogP contribution in [-0.4, -0.2) is 42.3 Å². The first-order chi connectivity index (χ1) is 9.08. The largest absolute Gasteiger partial charge is 0.495 e. The summed E-state index contributed by atoms with van der Waals surface area (Å²) in [5.74, 6) is 0.801. The van der Waals surface area contributed by atoms with Gasteiger partial charge in [0.25, 0.3) is 0 Å². The molecule has 1 aromatic carbocycles. The van der Waals surface area contributed by atoms with Crippen LogP contribution in [-0.2, 0) is 15.5 Å². The van der Waals surface area contributed by atoms with E-state index in [1.54, 1.807) is 19.2 Å². The molecule has 4 nitrogen and oxygen atoms in total. The fourth-order valence-corrected chi connectivity index (χ4v) is 2.81. The second-order valence-electron chi connectivity index (χ2n) is 3.91. The van der Waals surface area contributed by atoms with Crippen LogP contribution in [0.4, 0.5) is 0 Å². The zero-order valence-corrected chi connectivity index (χ0v) is 12.6. The number of hydrogen-bond donors (Lipinski definition) is 0. The zero-order chi connectivity index (χ0) is 14.3. The second kappa shape index (κ2) is 8.30. The number of carbonyl (C=O) groups is 1. The summed E-state index contributed by atoms with van der Waals surface area (Å²) in [6.45, 7) is 0.550. The van der Waals surface area contributed by atoms with Gasteiger partial charge in [-0.15, -0.1) is 0 Å². The van der Waals surface area contributed by atoms with Gasteiger partial charge in [0.05, 0.1) is 17.9 Å². The van der Waals surface area contributed by atoms with E-state index in [9.17, 15) is 9.00 Å². The summed E-state index contributed by atoms with van der Waals surface area (Å²) in [7, 11) is 1.93. The Hall–Kier alpha value is -0.910. The third kappa shape index (κ3) is 5.30. The van der Waals surface area contributed by atoms with Gasteiger partial charge in [0.15, 0.2) is 5.78 Å². The average molecular weight is 305 g/mol. The Balaban J connectivity index is 2.58. The highest BCUT2D eigenvalue weighted by Crippen LogP contribution is 2.25. The molecular weight excluding hydrogens is 288 g/mol. The molecule has 1 unspecified atom stereocenters. The van der Waals surface area contributed by atoms with Crippen LogP contribution in [0.2, 0.25) is 5.02 Å². The lowest BCUT2D eigenvalue weighted by Crippen LogP contribution is -2.14. The number of halogens is 1. The molecule has 0 spiro atoms. The van der Waals surface area contributed by atoms with Gasteiger partial charge < -0.3 is 9.47 Å². The molecule has 0 aromatic heterocycles. The van der Waals surface area contributed by atoms with E-state index in [2.05, 4.69) is 0 Å². The van der Waals surface area contributed by atoms with Crippen molar-refractivity contribution in [1.82, 2.24) is 0 Å². The minimum atomic E-state index is -1.17. The summed E-state index contributed by atoms with van der Waals surface area (Å²) in [4.78, 5) is 11.9. The molecule has 6 heteroatoms. The Morgan fingerprint density at radius 1 is 1.37 bits per heavy atom. The molecule has 0 amide bonds.